The highest BCUT2D eigenvalue weighted by Crippen LogP contribution is 2.39. The van der Waals surface area contributed by atoms with Crippen LogP contribution in [-0.4, -0.2) is 31.1 Å². The SMILES string of the molecule is Cc1ccc([C@H](C2CCCCC2)N2CCNCC2)c(F)c1.Cl. The van der Waals surface area contributed by atoms with E-state index in [1.165, 1.54) is 32.1 Å². The van der Waals surface area contributed by atoms with Gasteiger partial charge in [-0.3, -0.25) is 4.90 Å². The molecule has 4 heteroatoms. The predicted molar refractivity (Wildman–Crippen MR) is 92.1 cm³/mol. The number of benzene rings is 1. The van der Waals surface area contributed by atoms with Crippen LogP contribution in [0.25, 0.3) is 0 Å². The summed E-state index contributed by atoms with van der Waals surface area (Å²) in [5.41, 5.74) is 1.94. The van der Waals surface area contributed by atoms with E-state index in [-0.39, 0.29) is 24.3 Å². The topological polar surface area (TPSA) is 15.3 Å². The number of piperazine rings is 1. The van der Waals surface area contributed by atoms with Crippen LogP contribution in [0.5, 0.6) is 0 Å². The van der Waals surface area contributed by atoms with Crippen LogP contribution in [-0.2, 0) is 0 Å². The molecule has 1 saturated carbocycles. The molecule has 0 spiro atoms. The van der Waals surface area contributed by atoms with Crippen molar-refractivity contribution in [2.24, 2.45) is 5.92 Å². The summed E-state index contributed by atoms with van der Waals surface area (Å²) in [6, 6.07) is 6.07. The molecule has 124 valence electrons. The first-order valence-corrected chi connectivity index (χ1v) is 8.46. The summed E-state index contributed by atoms with van der Waals surface area (Å²) in [7, 11) is 0. The first-order valence-electron chi connectivity index (χ1n) is 8.46. The smallest absolute Gasteiger partial charge is 0.128 e. The van der Waals surface area contributed by atoms with Crippen LogP contribution in [0, 0.1) is 18.7 Å². The van der Waals surface area contributed by atoms with E-state index in [0.717, 1.165) is 37.3 Å². The van der Waals surface area contributed by atoms with Gasteiger partial charge >= 0.3 is 0 Å². The summed E-state index contributed by atoms with van der Waals surface area (Å²) < 4.78 is 14.6. The molecule has 1 N–H and O–H groups in total. The minimum absolute atomic E-state index is 0. The fraction of sp³-hybridized carbons (Fsp3) is 0.667. The van der Waals surface area contributed by atoms with Crippen LogP contribution in [0.2, 0.25) is 0 Å². The number of aryl methyl sites for hydroxylation is 1. The summed E-state index contributed by atoms with van der Waals surface area (Å²) in [5.74, 6) is 0.609. The highest BCUT2D eigenvalue weighted by atomic mass is 35.5. The second kappa shape index (κ2) is 8.28. The highest BCUT2D eigenvalue weighted by molar-refractivity contribution is 5.85. The number of nitrogens with zero attached hydrogens (tertiary/aromatic N) is 1. The summed E-state index contributed by atoms with van der Waals surface area (Å²) in [6.45, 7) is 6.09. The fourth-order valence-corrected chi connectivity index (χ4v) is 4.03. The molecule has 2 nitrogen and oxygen atoms in total. The molecule has 0 unspecified atom stereocenters. The molecule has 2 fully saturated rings. The van der Waals surface area contributed by atoms with Gasteiger partial charge in [-0.05, 0) is 37.3 Å². The van der Waals surface area contributed by atoms with E-state index in [1.807, 2.05) is 13.0 Å². The first kappa shape index (κ1) is 17.7. The van der Waals surface area contributed by atoms with Crippen molar-refractivity contribution in [3.8, 4) is 0 Å². The zero-order valence-electron chi connectivity index (χ0n) is 13.5. The number of halogens is 2. The van der Waals surface area contributed by atoms with Crippen LogP contribution in [0.4, 0.5) is 4.39 Å². The van der Waals surface area contributed by atoms with Crippen molar-refractivity contribution < 1.29 is 4.39 Å². The molecule has 2 aliphatic rings. The Bertz CT molecular complexity index is 450. The van der Waals surface area contributed by atoms with Gasteiger partial charge in [0.25, 0.3) is 0 Å². The van der Waals surface area contributed by atoms with Gasteiger partial charge in [0.1, 0.15) is 5.82 Å². The monoisotopic (exact) mass is 326 g/mol. The molecule has 3 rings (SSSR count). The number of hydrogen-bond donors (Lipinski definition) is 1. The zero-order chi connectivity index (χ0) is 14.7. The van der Waals surface area contributed by atoms with Gasteiger partial charge in [-0.1, -0.05) is 31.4 Å². The predicted octanol–water partition coefficient (Wildman–Crippen LogP) is 4.08. The van der Waals surface area contributed by atoms with E-state index in [2.05, 4.69) is 16.3 Å². The Morgan fingerprint density at radius 3 is 2.45 bits per heavy atom. The van der Waals surface area contributed by atoms with Crippen LogP contribution in [0.15, 0.2) is 18.2 Å². The van der Waals surface area contributed by atoms with Gasteiger partial charge in [0.05, 0.1) is 0 Å². The molecule has 1 aliphatic heterocycles. The maximum atomic E-state index is 14.6. The molecule has 1 aromatic carbocycles. The second-order valence-corrected chi connectivity index (χ2v) is 6.65. The van der Waals surface area contributed by atoms with E-state index in [0.29, 0.717) is 5.92 Å². The molecule has 0 radical (unpaired) electrons. The third-order valence-corrected chi connectivity index (χ3v) is 5.12. The fourth-order valence-electron chi connectivity index (χ4n) is 4.03. The lowest BCUT2D eigenvalue weighted by molar-refractivity contribution is 0.101. The van der Waals surface area contributed by atoms with Crippen molar-refractivity contribution in [3.63, 3.8) is 0 Å². The Kier molecular flexibility index (Phi) is 6.66. The van der Waals surface area contributed by atoms with Gasteiger partial charge in [-0.25, -0.2) is 4.39 Å². The Balaban J connectivity index is 0.00000176. The normalized spacial score (nSPS) is 22.1. The van der Waals surface area contributed by atoms with E-state index in [1.54, 1.807) is 6.07 Å². The van der Waals surface area contributed by atoms with Gasteiger partial charge in [0.2, 0.25) is 0 Å². The third kappa shape index (κ3) is 4.01. The lowest BCUT2D eigenvalue weighted by Crippen LogP contribution is -2.47. The standard InChI is InChI=1S/C18H27FN2.ClH/c1-14-7-8-16(17(19)13-14)18(15-5-3-2-4-6-15)21-11-9-20-10-12-21;/h7-8,13,15,18,20H,2-6,9-12H2,1H3;1H/t18-;/m0./s1. The van der Waals surface area contributed by atoms with Crippen molar-refractivity contribution >= 4 is 12.4 Å². The van der Waals surface area contributed by atoms with Gasteiger partial charge in [0, 0.05) is 37.8 Å². The van der Waals surface area contributed by atoms with Crippen molar-refractivity contribution in [1.82, 2.24) is 10.2 Å². The van der Waals surface area contributed by atoms with E-state index in [4.69, 9.17) is 0 Å². The Labute approximate surface area is 139 Å². The molecule has 1 aromatic rings. The molecule has 22 heavy (non-hydrogen) atoms. The summed E-state index contributed by atoms with van der Waals surface area (Å²) in [5, 5.41) is 3.41. The molecule has 1 saturated heterocycles. The summed E-state index contributed by atoms with van der Waals surface area (Å²) in [4.78, 5) is 2.51. The quantitative estimate of drug-likeness (QED) is 0.900. The average molecular weight is 327 g/mol. The third-order valence-electron chi connectivity index (χ3n) is 5.12. The van der Waals surface area contributed by atoms with Gasteiger partial charge in [-0.15, -0.1) is 12.4 Å². The highest BCUT2D eigenvalue weighted by Gasteiger charge is 2.32. The number of hydrogen-bond acceptors (Lipinski definition) is 2. The largest absolute Gasteiger partial charge is 0.314 e. The number of rotatable bonds is 3. The van der Waals surface area contributed by atoms with Crippen molar-refractivity contribution in [1.29, 1.82) is 0 Å². The average Bonchev–Trinajstić information content (AvgIpc) is 2.52. The van der Waals surface area contributed by atoms with Crippen molar-refractivity contribution in [2.45, 2.75) is 45.1 Å². The van der Waals surface area contributed by atoms with E-state index >= 15 is 0 Å². The molecule has 0 amide bonds. The van der Waals surface area contributed by atoms with Crippen LogP contribution < -0.4 is 5.32 Å². The van der Waals surface area contributed by atoms with Crippen LogP contribution in [0.3, 0.4) is 0 Å². The molecule has 0 aromatic heterocycles. The van der Waals surface area contributed by atoms with Gasteiger partial charge < -0.3 is 5.32 Å². The minimum Gasteiger partial charge on any atom is -0.314 e. The Morgan fingerprint density at radius 2 is 1.82 bits per heavy atom. The zero-order valence-corrected chi connectivity index (χ0v) is 14.3. The van der Waals surface area contributed by atoms with Gasteiger partial charge in [0.15, 0.2) is 0 Å². The van der Waals surface area contributed by atoms with E-state index < -0.39 is 0 Å². The molecular weight excluding hydrogens is 299 g/mol. The molecule has 1 aliphatic carbocycles. The van der Waals surface area contributed by atoms with Gasteiger partial charge in [-0.2, -0.15) is 0 Å². The first-order chi connectivity index (χ1) is 10.3. The summed E-state index contributed by atoms with van der Waals surface area (Å²) in [6.07, 6.45) is 6.46. The molecule has 1 heterocycles. The van der Waals surface area contributed by atoms with Crippen LogP contribution >= 0.6 is 12.4 Å². The minimum atomic E-state index is -0.0101. The lowest BCUT2D eigenvalue weighted by Gasteiger charge is -2.41. The van der Waals surface area contributed by atoms with E-state index in [9.17, 15) is 4.39 Å². The van der Waals surface area contributed by atoms with Crippen molar-refractivity contribution in [3.05, 3.63) is 35.1 Å². The lowest BCUT2D eigenvalue weighted by atomic mass is 9.80. The molecular formula is C18H28ClFN2. The maximum Gasteiger partial charge on any atom is 0.128 e. The van der Waals surface area contributed by atoms with Crippen LogP contribution in [0.1, 0.15) is 49.3 Å². The molecule has 0 bridgehead atoms. The maximum absolute atomic E-state index is 14.6. The summed E-state index contributed by atoms with van der Waals surface area (Å²) >= 11 is 0. The Morgan fingerprint density at radius 1 is 1.14 bits per heavy atom. The Hall–Kier alpha value is -0.640. The van der Waals surface area contributed by atoms with Crippen molar-refractivity contribution in [2.75, 3.05) is 26.2 Å². The molecule has 1 atom stereocenters. The second-order valence-electron chi connectivity index (χ2n) is 6.65. The number of nitrogens with one attached hydrogen (secondary N) is 1.